The number of carboxylic acids is 2. The summed E-state index contributed by atoms with van der Waals surface area (Å²) in [7, 11) is 0. The molecule has 1 saturated heterocycles. The minimum absolute atomic E-state index is 0.0348. The van der Waals surface area contributed by atoms with Gasteiger partial charge in [0, 0.05) is 19.4 Å². The summed E-state index contributed by atoms with van der Waals surface area (Å²) in [5.74, 6) is -16.5. The monoisotopic (exact) mass is 1240 g/mol. The van der Waals surface area contributed by atoms with Crippen LogP contribution in [0.15, 0.2) is 30.3 Å². The summed E-state index contributed by atoms with van der Waals surface area (Å²) in [6, 6.07) is -4.21. The highest BCUT2D eigenvalue weighted by molar-refractivity contribution is 5.99. The summed E-state index contributed by atoms with van der Waals surface area (Å²) in [6.45, 7) is 8.04. The number of carbonyl (C=O) groups excluding carboxylic acids is 13. The van der Waals surface area contributed by atoms with Gasteiger partial charge in [-0.3, -0.25) is 67.1 Å². The highest BCUT2D eigenvalue weighted by Crippen LogP contribution is 2.19. The van der Waals surface area contributed by atoms with E-state index in [1.807, 2.05) is 0 Å². The topological polar surface area (TPSA) is 524 Å². The van der Waals surface area contributed by atoms with Crippen LogP contribution < -0.4 is 76.1 Å². The third kappa shape index (κ3) is 26.4. The molecule has 2 rings (SSSR count). The van der Waals surface area contributed by atoms with Crippen molar-refractivity contribution in [1.82, 2.24) is 58.1 Å². The molecule has 0 saturated carbocycles. The summed E-state index contributed by atoms with van der Waals surface area (Å²) >= 11 is 0. The zero-order valence-corrected chi connectivity index (χ0v) is 50.6. The predicted octanol–water partition coefficient (Wildman–Crippen LogP) is -5.13. The zero-order valence-electron chi connectivity index (χ0n) is 50.6. The highest BCUT2D eigenvalue weighted by atomic mass is 16.4. The van der Waals surface area contributed by atoms with Gasteiger partial charge in [-0.05, 0) is 62.0 Å². The minimum atomic E-state index is -1.68. The first kappa shape index (κ1) is 75.3. The van der Waals surface area contributed by atoms with E-state index in [9.17, 15) is 82.1 Å². The molecule has 0 aromatic heterocycles. The standard InChI is InChI=1S/C56H89N15O17/c1-7-30(5)46(55(86)70-47(31(6)8-2)54(85)66-35(24-40(60)73)51(82)67-37(56(87)88)23-32-15-10-9-11-16-32)68-42(75)27-62-49(80)34(19-20-39(59)72)65-53(84)45(29(3)4)69-52(83)38-18-14-22-71(38)43(76)28-63-50(81)36(25-44(77)78)64-41(74)26-61-48(79)33(58)17-12-13-21-57/h9-11,15-16,29-31,33-38,45-47H,7-8,12-14,17-28,57-58H2,1-6H3,(H2,59,72)(H2,60,73)(H,61,79)(H,62,80)(H,63,81)(H,64,74)(H,65,84)(H,66,85)(H,67,82)(H,68,75)(H,69,83)(H,70,86)(H,77,78)(H,87,88)/t30-,31-,33-,34-,35-,36-,37-,38-,45-,46-,47-/m0/s1. The van der Waals surface area contributed by atoms with Gasteiger partial charge in [-0.15, -0.1) is 0 Å². The largest absolute Gasteiger partial charge is 0.481 e. The number of benzene rings is 1. The van der Waals surface area contributed by atoms with Gasteiger partial charge < -0.3 is 91.2 Å². The van der Waals surface area contributed by atoms with Crippen LogP contribution in [0.4, 0.5) is 0 Å². The number of rotatable bonds is 40. The van der Waals surface area contributed by atoms with Crippen molar-refractivity contribution in [2.24, 2.45) is 40.7 Å². The van der Waals surface area contributed by atoms with Gasteiger partial charge in [-0.25, -0.2) is 4.79 Å². The van der Waals surface area contributed by atoms with E-state index in [2.05, 4.69) is 53.2 Å². The van der Waals surface area contributed by atoms with E-state index >= 15 is 0 Å². The average molecular weight is 1240 g/mol. The molecule has 1 aromatic carbocycles. The number of likely N-dealkylation sites (tertiary alicyclic amines) is 1. The Kier molecular flexibility index (Phi) is 32.8. The van der Waals surface area contributed by atoms with Crippen molar-refractivity contribution in [3.63, 3.8) is 0 Å². The number of amides is 13. The lowest BCUT2D eigenvalue weighted by atomic mass is 9.94. The number of primary amides is 2. The van der Waals surface area contributed by atoms with E-state index in [1.165, 1.54) is 0 Å². The first-order chi connectivity index (χ1) is 41.4. The van der Waals surface area contributed by atoms with Crippen LogP contribution in [0.5, 0.6) is 0 Å². The normalized spacial score (nSPS) is 16.1. The first-order valence-corrected chi connectivity index (χ1v) is 29.2. The number of unbranched alkanes of at least 4 members (excludes halogenated alkanes) is 1. The summed E-state index contributed by atoms with van der Waals surface area (Å²) in [5.41, 5.74) is 22.6. The maximum absolute atomic E-state index is 14.0. The van der Waals surface area contributed by atoms with Gasteiger partial charge in [0.05, 0.1) is 38.5 Å². The SMILES string of the molecule is CC[C@H](C)[C@H](NC(=O)CNC(=O)[C@H](CCC(N)=O)NC(=O)[C@@H](NC(=O)[C@@H]1CCCN1C(=O)CNC(=O)[C@H](CC(=O)O)NC(=O)CNC(=O)[C@@H](N)CCCCN)C(C)C)C(=O)N[C@H](C(=O)N[C@@H](CC(N)=O)C(=O)N[C@@H](Cc1ccccc1)C(=O)O)[C@@H](C)CC. The Labute approximate surface area is 509 Å². The molecule has 32 nitrogen and oxygen atoms in total. The smallest absolute Gasteiger partial charge is 0.326 e. The van der Waals surface area contributed by atoms with Gasteiger partial charge in [-0.2, -0.15) is 0 Å². The fourth-order valence-electron chi connectivity index (χ4n) is 9.05. The van der Waals surface area contributed by atoms with Gasteiger partial charge in [0.1, 0.15) is 48.3 Å². The second-order valence-corrected chi connectivity index (χ2v) is 21.9. The van der Waals surface area contributed by atoms with E-state index in [0.29, 0.717) is 50.6 Å². The number of aliphatic carboxylic acids is 2. The number of nitrogens with zero attached hydrogens (tertiary/aromatic N) is 1. The molecule has 1 aliphatic rings. The Morgan fingerprint density at radius 2 is 1.09 bits per heavy atom. The minimum Gasteiger partial charge on any atom is -0.481 e. The average Bonchev–Trinajstić information content (AvgIpc) is 4.06. The zero-order chi connectivity index (χ0) is 66.4. The summed E-state index contributed by atoms with van der Waals surface area (Å²) in [4.78, 5) is 197. The van der Waals surface area contributed by atoms with Gasteiger partial charge in [0.2, 0.25) is 76.8 Å². The maximum atomic E-state index is 14.0. The van der Waals surface area contributed by atoms with Gasteiger partial charge in [0.25, 0.3) is 0 Å². The molecule has 0 radical (unpaired) electrons. The van der Waals surface area contributed by atoms with Crippen LogP contribution in [0.3, 0.4) is 0 Å². The molecule has 1 heterocycles. The molecule has 32 heteroatoms. The number of carboxylic acid groups (broad SMARTS) is 2. The molecule has 11 atom stereocenters. The third-order valence-electron chi connectivity index (χ3n) is 14.6. The van der Waals surface area contributed by atoms with E-state index in [1.54, 1.807) is 71.9 Å². The Bertz CT molecular complexity index is 2630. The Morgan fingerprint density at radius 3 is 1.65 bits per heavy atom. The van der Waals surface area contributed by atoms with Crippen molar-refractivity contribution in [3.8, 4) is 0 Å². The molecular formula is C56H89N15O17. The van der Waals surface area contributed by atoms with Crippen LogP contribution in [0, 0.1) is 17.8 Å². The van der Waals surface area contributed by atoms with Crippen LogP contribution in [-0.2, 0) is 78.3 Å². The van der Waals surface area contributed by atoms with Crippen molar-refractivity contribution >= 4 is 88.7 Å². The van der Waals surface area contributed by atoms with Crippen molar-refractivity contribution in [1.29, 1.82) is 0 Å². The summed E-state index contributed by atoms with van der Waals surface area (Å²) in [5, 5.41) is 43.4. The van der Waals surface area contributed by atoms with Crippen molar-refractivity contribution in [2.75, 3.05) is 32.7 Å². The van der Waals surface area contributed by atoms with Crippen LogP contribution in [0.1, 0.15) is 118 Å². The van der Waals surface area contributed by atoms with E-state index in [-0.39, 0.29) is 25.8 Å². The van der Waals surface area contributed by atoms with Crippen molar-refractivity contribution in [3.05, 3.63) is 35.9 Å². The van der Waals surface area contributed by atoms with Crippen LogP contribution in [0.2, 0.25) is 0 Å². The lowest BCUT2D eigenvalue weighted by Gasteiger charge is -2.30. The number of hydrogen-bond acceptors (Lipinski definition) is 17. The van der Waals surface area contributed by atoms with Crippen LogP contribution >= 0.6 is 0 Å². The lowest BCUT2D eigenvalue weighted by molar-refractivity contribution is -0.142. The fourth-order valence-corrected chi connectivity index (χ4v) is 9.05. The third-order valence-corrected chi connectivity index (χ3v) is 14.6. The van der Waals surface area contributed by atoms with E-state index in [4.69, 9.17) is 22.9 Å². The summed E-state index contributed by atoms with van der Waals surface area (Å²) in [6.07, 6.45) is -0.0723. The fraction of sp³-hybridized carbons (Fsp3) is 0.625. The van der Waals surface area contributed by atoms with Gasteiger partial charge >= 0.3 is 11.9 Å². The first-order valence-electron chi connectivity index (χ1n) is 29.2. The molecule has 13 amide bonds. The summed E-state index contributed by atoms with van der Waals surface area (Å²) < 4.78 is 0. The number of carbonyl (C=O) groups is 15. The van der Waals surface area contributed by atoms with Crippen LogP contribution in [0.25, 0.3) is 0 Å². The van der Waals surface area contributed by atoms with Gasteiger partial charge in [-0.1, -0.05) is 91.1 Å². The lowest BCUT2D eigenvalue weighted by Crippen LogP contribution is -2.61. The Morgan fingerprint density at radius 1 is 0.568 bits per heavy atom. The Hall–Kier alpha value is -8.81. The molecule has 0 bridgehead atoms. The number of nitrogens with two attached hydrogens (primary N) is 4. The van der Waals surface area contributed by atoms with E-state index < -0.39 is 200 Å². The molecular weight excluding hydrogens is 1150 g/mol. The second kappa shape index (κ2) is 38.4. The molecule has 20 N–H and O–H groups in total. The number of nitrogens with one attached hydrogen (secondary N) is 10. The molecule has 490 valence electrons. The molecule has 0 unspecified atom stereocenters. The highest BCUT2D eigenvalue weighted by Gasteiger charge is 2.39. The Balaban J connectivity index is 2.17. The quantitative estimate of drug-likeness (QED) is 0.0273. The van der Waals surface area contributed by atoms with Gasteiger partial charge in [0.15, 0.2) is 0 Å². The van der Waals surface area contributed by atoms with Crippen LogP contribution in [-0.4, -0.2) is 191 Å². The van der Waals surface area contributed by atoms with Crippen molar-refractivity contribution in [2.45, 2.75) is 173 Å². The van der Waals surface area contributed by atoms with Crippen molar-refractivity contribution < 1.29 is 82.1 Å². The maximum Gasteiger partial charge on any atom is 0.326 e. The molecule has 1 fully saturated rings. The molecule has 0 aliphatic carbocycles. The molecule has 88 heavy (non-hydrogen) atoms. The molecule has 0 spiro atoms. The molecule has 1 aromatic rings. The predicted molar refractivity (Wildman–Crippen MR) is 314 cm³/mol. The second-order valence-electron chi connectivity index (χ2n) is 21.9. The van der Waals surface area contributed by atoms with E-state index in [0.717, 1.165) is 4.90 Å². The molecule has 1 aliphatic heterocycles. The number of hydrogen-bond donors (Lipinski definition) is 16.